The number of thiophene rings is 1. The number of benzene rings is 1. The van der Waals surface area contributed by atoms with Gasteiger partial charge in [-0.2, -0.15) is 9.57 Å². The number of rotatable bonds is 5. The summed E-state index contributed by atoms with van der Waals surface area (Å²) in [7, 11) is -1.94. The highest BCUT2D eigenvalue weighted by atomic mass is 32.2. The van der Waals surface area contributed by atoms with Crippen LogP contribution in [0.15, 0.2) is 29.2 Å². The molecule has 152 valence electrons. The molecule has 0 saturated heterocycles. The van der Waals surface area contributed by atoms with Crippen LogP contribution in [0.2, 0.25) is 0 Å². The number of nitrogens with one attached hydrogen (secondary N) is 1. The van der Waals surface area contributed by atoms with Crippen LogP contribution in [0, 0.1) is 11.3 Å². The second kappa shape index (κ2) is 7.90. The lowest BCUT2D eigenvalue weighted by atomic mass is 10.1. The summed E-state index contributed by atoms with van der Waals surface area (Å²) in [5.74, 6) is -0.336. The van der Waals surface area contributed by atoms with Crippen LogP contribution in [-0.4, -0.2) is 31.7 Å². The average Bonchev–Trinajstić information content (AvgIpc) is 3.53. The molecule has 8 heteroatoms. The third-order valence-electron chi connectivity index (χ3n) is 5.61. The molecule has 2 aliphatic rings. The van der Waals surface area contributed by atoms with Gasteiger partial charge in [-0.1, -0.05) is 6.42 Å². The first-order valence-corrected chi connectivity index (χ1v) is 12.1. The topological polar surface area (TPSA) is 90.3 Å². The van der Waals surface area contributed by atoms with Crippen LogP contribution in [0.25, 0.3) is 0 Å². The maximum atomic E-state index is 12.7. The van der Waals surface area contributed by atoms with Gasteiger partial charge in [0.25, 0.3) is 5.91 Å². The molecule has 4 rings (SSSR count). The van der Waals surface area contributed by atoms with Crippen molar-refractivity contribution >= 4 is 32.3 Å². The SMILES string of the molecule is CN(C1CC1)S(=O)(=O)c1ccc(C(=O)Nc2sc3c(c2C#N)CCCCC3)cc1. The van der Waals surface area contributed by atoms with E-state index in [1.807, 2.05) is 0 Å². The third-order valence-corrected chi connectivity index (χ3v) is 8.75. The van der Waals surface area contributed by atoms with Crippen LogP contribution in [0.3, 0.4) is 0 Å². The highest BCUT2D eigenvalue weighted by Gasteiger charge is 2.35. The minimum atomic E-state index is -3.53. The smallest absolute Gasteiger partial charge is 0.256 e. The fourth-order valence-corrected chi connectivity index (χ4v) is 6.35. The molecule has 1 N–H and O–H groups in total. The maximum Gasteiger partial charge on any atom is 0.256 e. The molecule has 1 fully saturated rings. The van der Waals surface area contributed by atoms with Crippen molar-refractivity contribution in [3.8, 4) is 6.07 Å². The number of hydrogen-bond donors (Lipinski definition) is 1. The minimum absolute atomic E-state index is 0.0847. The Kier molecular flexibility index (Phi) is 5.47. The molecule has 2 aromatic rings. The molecule has 1 aromatic carbocycles. The first-order chi connectivity index (χ1) is 13.9. The summed E-state index contributed by atoms with van der Waals surface area (Å²) in [6.45, 7) is 0. The number of hydrogen-bond acceptors (Lipinski definition) is 5. The predicted octanol–water partition coefficient (Wildman–Crippen LogP) is 3.92. The summed E-state index contributed by atoms with van der Waals surface area (Å²) in [6, 6.07) is 8.32. The number of sulfonamides is 1. The molecular weight excluding hydrogens is 406 g/mol. The molecule has 1 saturated carbocycles. The summed E-state index contributed by atoms with van der Waals surface area (Å²) in [4.78, 5) is 14.1. The summed E-state index contributed by atoms with van der Waals surface area (Å²) >= 11 is 1.49. The van der Waals surface area contributed by atoms with E-state index < -0.39 is 10.0 Å². The lowest BCUT2D eigenvalue weighted by Crippen LogP contribution is -2.29. The van der Waals surface area contributed by atoms with Crippen molar-refractivity contribution in [3.05, 3.63) is 45.8 Å². The summed E-state index contributed by atoms with van der Waals surface area (Å²) in [5, 5.41) is 13.1. The van der Waals surface area contributed by atoms with E-state index in [0.717, 1.165) is 44.1 Å². The van der Waals surface area contributed by atoms with Crippen molar-refractivity contribution in [1.82, 2.24) is 4.31 Å². The fourth-order valence-electron chi connectivity index (χ4n) is 3.70. The molecule has 29 heavy (non-hydrogen) atoms. The number of nitriles is 1. The molecule has 0 unspecified atom stereocenters. The van der Waals surface area contributed by atoms with E-state index in [0.29, 0.717) is 16.1 Å². The number of carbonyl (C=O) groups is 1. The Morgan fingerprint density at radius 3 is 2.52 bits per heavy atom. The van der Waals surface area contributed by atoms with Crippen molar-refractivity contribution in [2.45, 2.75) is 55.9 Å². The zero-order valence-electron chi connectivity index (χ0n) is 16.3. The van der Waals surface area contributed by atoms with Crippen molar-refractivity contribution in [2.75, 3.05) is 12.4 Å². The minimum Gasteiger partial charge on any atom is -0.312 e. The molecule has 0 radical (unpaired) electrons. The first-order valence-electron chi connectivity index (χ1n) is 9.86. The number of aryl methyl sites for hydroxylation is 1. The van der Waals surface area contributed by atoms with Gasteiger partial charge in [0.2, 0.25) is 10.0 Å². The molecule has 2 aliphatic carbocycles. The van der Waals surface area contributed by atoms with Gasteiger partial charge < -0.3 is 5.32 Å². The largest absolute Gasteiger partial charge is 0.312 e. The third kappa shape index (κ3) is 3.95. The maximum absolute atomic E-state index is 12.7. The average molecular weight is 430 g/mol. The molecule has 0 spiro atoms. The Balaban J connectivity index is 1.53. The van der Waals surface area contributed by atoms with Crippen LogP contribution >= 0.6 is 11.3 Å². The van der Waals surface area contributed by atoms with Gasteiger partial charge in [0.05, 0.1) is 10.5 Å². The molecule has 0 bridgehead atoms. The van der Waals surface area contributed by atoms with Crippen molar-refractivity contribution in [1.29, 1.82) is 5.26 Å². The van der Waals surface area contributed by atoms with E-state index in [1.165, 1.54) is 51.2 Å². The van der Waals surface area contributed by atoms with Gasteiger partial charge in [-0.25, -0.2) is 8.42 Å². The second-order valence-electron chi connectivity index (χ2n) is 7.61. The molecule has 0 aliphatic heterocycles. The summed E-state index contributed by atoms with van der Waals surface area (Å²) in [5.41, 5.74) is 2.02. The fraction of sp³-hybridized carbons (Fsp3) is 0.429. The quantitative estimate of drug-likeness (QED) is 0.729. The Morgan fingerprint density at radius 2 is 1.86 bits per heavy atom. The number of nitrogens with zero attached hydrogens (tertiary/aromatic N) is 2. The van der Waals surface area contributed by atoms with Gasteiger partial charge >= 0.3 is 0 Å². The molecule has 1 aromatic heterocycles. The Bertz CT molecular complexity index is 1080. The second-order valence-corrected chi connectivity index (χ2v) is 10.7. The first kappa shape index (κ1) is 20.1. The van der Waals surface area contributed by atoms with Crippen LogP contribution in [-0.2, 0) is 22.9 Å². The Hall–Kier alpha value is -2.21. The molecular formula is C21H23N3O3S2. The zero-order valence-corrected chi connectivity index (χ0v) is 17.9. The standard InChI is InChI=1S/C21H23N3O3S2/c1-24(15-9-10-15)29(26,27)16-11-7-14(8-12-16)20(25)23-21-18(13-22)17-5-3-2-4-6-19(17)28-21/h7-8,11-12,15H,2-6,9-10H2,1H3,(H,23,25). The van der Waals surface area contributed by atoms with Gasteiger partial charge in [0, 0.05) is 23.5 Å². The number of carbonyl (C=O) groups excluding carboxylic acids is 1. The predicted molar refractivity (Wildman–Crippen MR) is 113 cm³/mol. The summed E-state index contributed by atoms with van der Waals surface area (Å²) < 4.78 is 26.6. The lowest BCUT2D eigenvalue weighted by molar-refractivity contribution is 0.102. The van der Waals surface area contributed by atoms with E-state index >= 15 is 0 Å². The van der Waals surface area contributed by atoms with Gasteiger partial charge in [0.15, 0.2) is 0 Å². The molecule has 0 atom stereocenters. The Labute approximate surface area is 175 Å². The van der Waals surface area contributed by atoms with Gasteiger partial charge in [-0.3, -0.25) is 4.79 Å². The van der Waals surface area contributed by atoms with E-state index in [2.05, 4.69) is 11.4 Å². The van der Waals surface area contributed by atoms with Gasteiger partial charge in [-0.15, -0.1) is 11.3 Å². The molecule has 6 nitrogen and oxygen atoms in total. The van der Waals surface area contributed by atoms with E-state index in [4.69, 9.17) is 0 Å². The normalized spacial score (nSPS) is 16.7. The zero-order chi connectivity index (χ0) is 20.6. The molecule has 1 heterocycles. The van der Waals surface area contributed by atoms with E-state index in [-0.39, 0.29) is 16.8 Å². The van der Waals surface area contributed by atoms with Crippen molar-refractivity contribution in [3.63, 3.8) is 0 Å². The summed E-state index contributed by atoms with van der Waals surface area (Å²) in [6.07, 6.45) is 6.95. The number of fused-ring (bicyclic) bond motifs is 1. The monoisotopic (exact) mass is 429 g/mol. The van der Waals surface area contributed by atoms with Gasteiger partial charge in [0.1, 0.15) is 11.1 Å². The van der Waals surface area contributed by atoms with Crippen LogP contribution in [0.4, 0.5) is 5.00 Å². The van der Waals surface area contributed by atoms with E-state index in [1.54, 1.807) is 7.05 Å². The van der Waals surface area contributed by atoms with Crippen molar-refractivity contribution in [2.24, 2.45) is 0 Å². The van der Waals surface area contributed by atoms with Gasteiger partial charge in [-0.05, 0) is 68.4 Å². The van der Waals surface area contributed by atoms with Crippen LogP contribution in [0.1, 0.15) is 58.5 Å². The Morgan fingerprint density at radius 1 is 1.17 bits per heavy atom. The lowest BCUT2D eigenvalue weighted by Gasteiger charge is -2.16. The molecule has 1 amide bonds. The number of amides is 1. The number of anilines is 1. The van der Waals surface area contributed by atoms with Crippen molar-refractivity contribution < 1.29 is 13.2 Å². The van der Waals surface area contributed by atoms with Crippen LogP contribution in [0.5, 0.6) is 0 Å². The highest BCUT2D eigenvalue weighted by Crippen LogP contribution is 2.37. The highest BCUT2D eigenvalue weighted by molar-refractivity contribution is 7.89. The van der Waals surface area contributed by atoms with Crippen LogP contribution < -0.4 is 5.32 Å². The van der Waals surface area contributed by atoms with E-state index in [9.17, 15) is 18.5 Å².